The van der Waals surface area contributed by atoms with Gasteiger partial charge in [-0.15, -0.1) is 11.3 Å². The van der Waals surface area contributed by atoms with Gasteiger partial charge in [-0.25, -0.2) is 14.1 Å². The molecular formula is C23H25FN4O2S. The van der Waals surface area contributed by atoms with E-state index in [9.17, 15) is 14.0 Å². The third kappa shape index (κ3) is 3.80. The van der Waals surface area contributed by atoms with Crippen molar-refractivity contribution in [1.29, 1.82) is 0 Å². The van der Waals surface area contributed by atoms with Crippen LogP contribution in [0.1, 0.15) is 57.9 Å². The molecule has 0 aliphatic heterocycles. The lowest BCUT2D eigenvalue weighted by Crippen LogP contribution is -2.43. The average Bonchev–Trinajstić information content (AvgIpc) is 3.35. The second kappa shape index (κ2) is 8.00. The van der Waals surface area contributed by atoms with Gasteiger partial charge in [0.15, 0.2) is 0 Å². The fraction of sp³-hybridized carbons (Fsp3) is 0.391. The molecule has 1 N–H and O–H groups in total. The minimum Gasteiger partial charge on any atom is -0.342 e. The van der Waals surface area contributed by atoms with Gasteiger partial charge >= 0.3 is 0 Å². The fourth-order valence-electron chi connectivity index (χ4n) is 4.32. The molecule has 0 radical (unpaired) electrons. The smallest absolute Gasteiger partial charge is 0.277 e. The molecule has 6 nitrogen and oxygen atoms in total. The molecule has 31 heavy (non-hydrogen) atoms. The van der Waals surface area contributed by atoms with Gasteiger partial charge in [-0.1, -0.05) is 25.0 Å². The fourth-order valence-corrected chi connectivity index (χ4v) is 5.38. The van der Waals surface area contributed by atoms with E-state index in [1.54, 1.807) is 26.1 Å². The van der Waals surface area contributed by atoms with Crippen LogP contribution in [0.2, 0.25) is 0 Å². The van der Waals surface area contributed by atoms with Gasteiger partial charge < -0.3 is 5.32 Å². The Morgan fingerprint density at radius 1 is 1.13 bits per heavy atom. The lowest BCUT2D eigenvalue weighted by molar-refractivity contribution is 0.0901. The van der Waals surface area contributed by atoms with Crippen molar-refractivity contribution >= 4 is 17.2 Å². The van der Waals surface area contributed by atoms with E-state index in [0.717, 1.165) is 42.5 Å². The number of benzene rings is 1. The normalized spacial score (nSPS) is 15.3. The van der Waals surface area contributed by atoms with Crippen LogP contribution in [-0.4, -0.2) is 20.7 Å². The van der Waals surface area contributed by atoms with E-state index in [1.807, 2.05) is 13.8 Å². The van der Waals surface area contributed by atoms with Crippen LogP contribution in [0.25, 0.3) is 10.6 Å². The highest BCUT2D eigenvalue weighted by molar-refractivity contribution is 7.17. The zero-order valence-electron chi connectivity index (χ0n) is 18.1. The minimum absolute atomic E-state index is 0.215. The molecule has 1 amide bonds. The van der Waals surface area contributed by atoms with Crippen molar-refractivity contribution in [1.82, 2.24) is 20.1 Å². The quantitative estimate of drug-likeness (QED) is 0.661. The molecule has 0 spiro atoms. The van der Waals surface area contributed by atoms with E-state index in [4.69, 9.17) is 0 Å². The minimum atomic E-state index is -0.513. The Morgan fingerprint density at radius 2 is 1.77 bits per heavy atom. The number of aryl methyl sites for hydroxylation is 3. The summed E-state index contributed by atoms with van der Waals surface area (Å²) in [4.78, 5) is 31.1. The lowest BCUT2D eigenvalue weighted by atomic mass is 9.88. The molecule has 162 valence electrons. The number of hydrogen-bond acceptors (Lipinski definition) is 5. The van der Waals surface area contributed by atoms with Gasteiger partial charge in [0.05, 0.1) is 22.5 Å². The maximum Gasteiger partial charge on any atom is 0.277 e. The molecule has 1 aliphatic rings. The average molecular weight is 441 g/mol. The zero-order chi connectivity index (χ0) is 22.3. The number of rotatable bonds is 4. The molecular weight excluding hydrogens is 415 g/mol. The van der Waals surface area contributed by atoms with Gasteiger partial charge in [-0.2, -0.15) is 5.10 Å². The van der Waals surface area contributed by atoms with Crippen molar-refractivity contribution in [3.63, 3.8) is 0 Å². The molecule has 1 aromatic carbocycles. The number of nitrogens with zero attached hydrogens (tertiary/aromatic N) is 3. The van der Waals surface area contributed by atoms with Gasteiger partial charge in [0.25, 0.3) is 11.5 Å². The van der Waals surface area contributed by atoms with E-state index >= 15 is 0 Å². The van der Waals surface area contributed by atoms with Gasteiger partial charge in [0.2, 0.25) is 0 Å². The first-order valence-electron chi connectivity index (χ1n) is 10.3. The SMILES string of the molecule is Cc1nc(-c2c(C)c(C)nn(C)c2=O)sc1C(=O)NC1(c2ccc(F)cc2)CCCC1. The van der Waals surface area contributed by atoms with E-state index in [1.165, 1.54) is 28.2 Å². The number of carbonyl (C=O) groups is 1. The van der Waals surface area contributed by atoms with Crippen molar-refractivity contribution in [2.24, 2.45) is 7.05 Å². The Kier molecular flexibility index (Phi) is 5.51. The summed E-state index contributed by atoms with van der Waals surface area (Å²) in [7, 11) is 1.61. The third-order valence-corrected chi connectivity index (χ3v) is 7.32. The Morgan fingerprint density at radius 3 is 2.42 bits per heavy atom. The summed E-state index contributed by atoms with van der Waals surface area (Å²) in [6.07, 6.45) is 3.60. The predicted molar refractivity (Wildman–Crippen MR) is 119 cm³/mol. The Labute approximate surface area is 184 Å². The van der Waals surface area contributed by atoms with Crippen molar-refractivity contribution in [3.05, 3.63) is 67.8 Å². The van der Waals surface area contributed by atoms with Crippen LogP contribution in [0.15, 0.2) is 29.1 Å². The van der Waals surface area contributed by atoms with Gasteiger partial charge in [-0.3, -0.25) is 9.59 Å². The number of amides is 1. The molecule has 1 saturated carbocycles. The van der Waals surface area contributed by atoms with Crippen molar-refractivity contribution < 1.29 is 9.18 Å². The third-order valence-electron chi connectivity index (χ3n) is 6.15. The molecule has 8 heteroatoms. The number of halogens is 1. The van der Waals surface area contributed by atoms with Crippen molar-refractivity contribution in [2.75, 3.05) is 0 Å². The molecule has 0 atom stereocenters. The predicted octanol–water partition coefficient (Wildman–Crippen LogP) is 4.17. The van der Waals surface area contributed by atoms with Gasteiger partial charge in [0, 0.05) is 7.05 Å². The first-order chi connectivity index (χ1) is 14.7. The van der Waals surface area contributed by atoms with Crippen LogP contribution in [0.4, 0.5) is 4.39 Å². The standard InChI is InChI=1S/C23H25FN4O2S/c1-13-14(2)27-28(4)22(30)18(13)21-25-15(3)19(31-21)20(29)26-23(11-5-6-12-23)16-7-9-17(24)10-8-16/h7-10H,5-6,11-12H2,1-4H3,(H,26,29). The highest BCUT2D eigenvalue weighted by Gasteiger charge is 2.38. The van der Waals surface area contributed by atoms with Crippen LogP contribution in [0.5, 0.6) is 0 Å². The monoisotopic (exact) mass is 440 g/mol. The molecule has 0 bridgehead atoms. The second-order valence-electron chi connectivity index (χ2n) is 8.20. The van der Waals surface area contributed by atoms with Crippen LogP contribution < -0.4 is 10.9 Å². The molecule has 2 aromatic heterocycles. The van der Waals surface area contributed by atoms with Crippen LogP contribution in [0.3, 0.4) is 0 Å². The molecule has 1 fully saturated rings. The summed E-state index contributed by atoms with van der Waals surface area (Å²) in [5, 5.41) is 7.95. The largest absolute Gasteiger partial charge is 0.342 e. The molecule has 0 saturated heterocycles. The summed E-state index contributed by atoms with van der Waals surface area (Å²) in [6.45, 7) is 5.47. The molecule has 3 aromatic rings. The molecule has 0 unspecified atom stereocenters. The van der Waals surface area contributed by atoms with Crippen LogP contribution >= 0.6 is 11.3 Å². The summed E-state index contributed by atoms with van der Waals surface area (Å²) >= 11 is 1.22. The molecule has 1 aliphatic carbocycles. The van der Waals surface area contributed by atoms with E-state index in [-0.39, 0.29) is 17.3 Å². The maximum absolute atomic E-state index is 13.4. The van der Waals surface area contributed by atoms with E-state index in [0.29, 0.717) is 21.1 Å². The van der Waals surface area contributed by atoms with Crippen molar-refractivity contribution in [2.45, 2.75) is 52.0 Å². The van der Waals surface area contributed by atoms with Crippen molar-refractivity contribution in [3.8, 4) is 10.6 Å². The number of hydrogen-bond donors (Lipinski definition) is 1. The Bertz CT molecular complexity index is 1210. The maximum atomic E-state index is 13.4. The van der Waals surface area contributed by atoms with E-state index in [2.05, 4.69) is 15.4 Å². The second-order valence-corrected chi connectivity index (χ2v) is 9.20. The van der Waals surface area contributed by atoms with E-state index < -0.39 is 5.54 Å². The molecule has 4 rings (SSSR count). The first-order valence-corrected chi connectivity index (χ1v) is 11.1. The topological polar surface area (TPSA) is 76.9 Å². The Balaban J connectivity index is 1.70. The number of thiazole rings is 1. The number of nitrogens with one attached hydrogen (secondary N) is 1. The highest BCUT2D eigenvalue weighted by atomic mass is 32.1. The number of carbonyl (C=O) groups excluding carboxylic acids is 1. The van der Waals surface area contributed by atoms with Crippen LogP contribution in [0, 0.1) is 26.6 Å². The Hall–Kier alpha value is -2.87. The first kappa shape index (κ1) is 21.4. The lowest BCUT2D eigenvalue weighted by Gasteiger charge is -2.31. The summed E-state index contributed by atoms with van der Waals surface area (Å²) < 4.78 is 14.7. The van der Waals surface area contributed by atoms with Crippen LogP contribution in [-0.2, 0) is 12.6 Å². The molecule has 2 heterocycles. The highest BCUT2D eigenvalue weighted by Crippen LogP contribution is 2.39. The summed E-state index contributed by atoms with van der Waals surface area (Å²) in [5.74, 6) is -0.511. The van der Waals surface area contributed by atoms with Gasteiger partial charge in [-0.05, 0) is 56.9 Å². The van der Waals surface area contributed by atoms with Gasteiger partial charge in [0.1, 0.15) is 15.7 Å². The zero-order valence-corrected chi connectivity index (χ0v) is 18.9. The number of aromatic nitrogens is 3. The summed E-state index contributed by atoms with van der Waals surface area (Å²) in [5.41, 5.74) is 2.75. The summed E-state index contributed by atoms with van der Waals surface area (Å²) in [6, 6.07) is 6.36.